The number of nitrogens with zero attached hydrogens (tertiary/aromatic N) is 2. The van der Waals surface area contributed by atoms with E-state index in [2.05, 4.69) is 18.9 Å². The number of hydrogen-bond donors (Lipinski definition) is 1. The number of nitrogen functional groups attached to an aromatic ring is 1. The molecule has 3 nitrogen and oxygen atoms in total. The molecule has 1 aromatic carbocycles. The number of halogens is 1. The van der Waals surface area contributed by atoms with Crippen LogP contribution in [-0.4, -0.2) is 9.78 Å². The lowest BCUT2D eigenvalue weighted by Gasteiger charge is -2.06. The van der Waals surface area contributed by atoms with E-state index in [1.165, 1.54) is 6.07 Å². The maximum atomic E-state index is 13.6. The highest BCUT2D eigenvalue weighted by Crippen LogP contribution is 2.30. The predicted octanol–water partition coefficient (Wildman–Crippen LogP) is 2.93. The minimum atomic E-state index is -0.375. The molecule has 2 aromatic rings. The van der Waals surface area contributed by atoms with Crippen molar-refractivity contribution in [3.8, 4) is 11.1 Å². The van der Waals surface area contributed by atoms with Gasteiger partial charge in [0.05, 0.1) is 11.4 Å². The Morgan fingerprint density at radius 2 is 2.00 bits per heavy atom. The van der Waals surface area contributed by atoms with Crippen LogP contribution >= 0.6 is 0 Å². The number of hydrogen-bond acceptors (Lipinski definition) is 2. The summed E-state index contributed by atoms with van der Waals surface area (Å²) in [7, 11) is 1.93. The van der Waals surface area contributed by atoms with E-state index in [-0.39, 0.29) is 11.5 Å². The molecule has 1 aromatic heterocycles. The third-order valence-electron chi connectivity index (χ3n) is 3.20. The van der Waals surface area contributed by atoms with Crippen molar-refractivity contribution >= 4 is 5.69 Å². The summed E-state index contributed by atoms with van der Waals surface area (Å²) in [6.07, 6.45) is 1.69. The van der Waals surface area contributed by atoms with Crippen molar-refractivity contribution in [2.24, 2.45) is 7.05 Å². The van der Waals surface area contributed by atoms with Crippen LogP contribution in [0.15, 0.2) is 18.2 Å². The van der Waals surface area contributed by atoms with E-state index in [9.17, 15) is 4.39 Å². The third-order valence-corrected chi connectivity index (χ3v) is 3.20. The summed E-state index contributed by atoms with van der Waals surface area (Å²) in [4.78, 5) is 0. The van der Waals surface area contributed by atoms with Crippen LogP contribution in [0.5, 0.6) is 0 Å². The van der Waals surface area contributed by atoms with Gasteiger partial charge in [0, 0.05) is 18.3 Å². The van der Waals surface area contributed by atoms with E-state index in [0.29, 0.717) is 0 Å². The van der Waals surface area contributed by atoms with Crippen LogP contribution in [0.2, 0.25) is 0 Å². The van der Waals surface area contributed by atoms with Gasteiger partial charge in [-0.3, -0.25) is 4.68 Å². The van der Waals surface area contributed by atoms with Crippen LogP contribution in [-0.2, 0) is 19.9 Å². The number of aromatic nitrogens is 2. The molecule has 18 heavy (non-hydrogen) atoms. The first-order chi connectivity index (χ1) is 8.58. The molecule has 0 fully saturated rings. The molecule has 2 rings (SSSR count). The van der Waals surface area contributed by atoms with Gasteiger partial charge in [-0.2, -0.15) is 5.10 Å². The maximum absolute atomic E-state index is 13.6. The SMILES string of the molecule is CCc1nn(C)c(CC)c1-c1ccc(N)c(F)c1. The molecular formula is C14H18FN3. The molecule has 2 N–H and O–H groups in total. The minimum Gasteiger partial charge on any atom is -0.396 e. The standard InChI is InChI=1S/C14H18FN3/c1-4-12-14(13(5-2)18(3)17-12)9-6-7-11(16)10(15)8-9/h6-8H,4-5,16H2,1-3H3. The first-order valence-electron chi connectivity index (χ1n) is 6.18. The normalized spacial score (nSPS) is 10.9. The Hall–Kier alpha value is -1.84. The van der Waals surface area contributed by atoms with Gasteiger partial charge in [0.1, 0.15) is 5.82 Å². The zero-order valence-electron chi connectivity index (χ0n) is 11.0. The zero-order chi connectivity index (χ0) is 13.3. The van der Waals surface area contributed by atoms with Gasteiger partial charge in [0.2, 0.25) is 0 Å². The molecule has 0 bridgehead atoms. The lowest BCUT2D eigenvalue weighted by Crippen LogP contribution is -1.97. The van der Waals surface area contributed by atoms with Gasteiger partial charge in [-0.1, -0.05) is 19.9 Å². The second-order valence-electron chi connectivity index (χ2n) is 4.34. The molecule has 0 radical (unpaired) electrons. The number of rotatable bonds is 3. The quantitative estimate of drug-likeness (QED) is 0.847. The Morgan fingerprint density at radius 1 is 1.28 bits per heavy atom. The largest absolute Gasteiger partial charge is 0.396 e. The number of benzene rings is 1. The fraction of sp³-hybridized carbons (Fsp3) is 0.357. The van der Waals surface area contributed by atoms with Gasteiger partial charge in [-0.25, -0.2) is 4.39 Å². The Bertz CT molecular complexity index is 573. The first-order valence-corrected chi connectivity index (χ1v) is 6.18. The smallest absolute Gasteiger partial charge is 0.146 e. The van der Waals surface area contributed by atoms with Crippen molar-refractivity contribution in [3.63, 3.8) is 0 Å². The Kier molecular flexibility index (Phi) is 3.36. The molecule has 0 spiro atoms. The second kappa shape index (κ2) is 4.80. The van der Waals surface area contributed by atoms with Crippen molar-refractivity contribution in [2.45, 2.75) is 26.7 Å². The average molecular weight is 247 g/mol. The molecule has 0 saturated carbocycles. The van der Waals surface area contributed by atoms with E-state index in [4.69, 9.17) is 5.73 Å². The van der Waals surface area contributed by atoms with Crippen LogP contribution in [0, 0.1) is 5.82 Å². The van der Waals surface area contributed by atoms with Crippen molar-refractivity contribution < 1.29 is 4.39 Å². The summed E-state index contributed by atoms with van der Waals surface area (Å²) >= 11 is 0. The molecule has 4 heteroatoms. The summed E-state index contributed by atoms with van der Waals surface area (Å²) in [6, 6.07) is 4.95. The molecule has 1 heterocycles. The van der Waals surface area contributed by atoms with E-state index in [0.717, 1.165) is 35.4 Å². The number of anilines is 1. The molecule has 0 unspecified atom stereocenters. The Balaban J connectivity index is 2.64. The molecule has 96 valence electrons. The van der Waals surface area contributed by atoms with Gasteiger partial charge in [-0.15, -0.1) is 0 Å². The van der Waals surface area contributed by atoms with Crippen LogP contribution in [0.1, 0.15) is 25.2 Å². The van der Waals surface area contributed by atoms with Crippen molar-refractivity contribution in [1.82, 2.24) is 9.78 Å². The van der Waals surface area contributed by atoms with Gasteiger partial charge in [0.25, 0.3) is 0 Å². The highest BCUT2D eigenvalue weighted by Gasteiger charge is 2.16. The summed E-state index contributed by atoms with van der Waals surface area (Å²) in [5.41, 5.74) is 9.71. The fourth-order valence-electron chi connectivity index (χ4n) is 2.29. The minimum absolute atomic E-state index is 0.179. The molecule has 0 amide bonds. The van der Waals surface area contributed by atoms with Crippen molar-refractivity contribution in [2.75, 3.05) is 5.73 Å². The topological polar surface area (TPSA) is 43.8 Å². The summed E-state index contributed by atoms with van der Waals surface area (Å²) < 4.78 is 15.5. The third kappa shape index (κ3) is 1.98. The Labute approximate surface area is 106 Å². The lowest BCUT2D eigenvalue weighted by atomic mass is 10.00. The van der Waals surface area contributed by atoms with Crippen molar-refractivity contribution in [3.05, 3.63) is 35.4 Å². The summed E-state index contributed by atoms with van der Waals surface area (Å²) in [6.45, 7) is 4.13. The highest BCUT2D eigenvalue weighted by molar-refractivity contribution is 5.70. The average Bonchev–Trinajstić information content (AvgIpc) is 2.68. The first kappa shape index (κ1) is 12.6. The lowest BCUT2D eigenvalue weighted by molar-refractivity contribution is 0.633. The van der Waals surface area contributed by atoms with Crippen LogP contribution in [0.3, 0.4) is 0 Å². The molecule has 0 aliphatic rings. The van der Waals surface area contributed by atoms with Crippen LogP contribution in [0.4, 0.5) is 10.1 Å². The van der Waals surface area contributed by atoms with E-state index in [1.807, 2.05) is 17.8 Å². The molecule has 0 atom stereocenters. The second-order valence-corrected chi connectivity index (χ2v) is 4.34. The maximum Gasteiger partial charge on any atom is 0.146 e. The summed E-state index contributed by atoms with van der Waals surface area (Å²) in [5.74, 6) is -0.375. The van der Waals surface area contributed by atoms with Crippen LogP contribution in [0.25, 0.3) is 11.1 Å². The fourth-order valence-corrected chi connectivity index (χ4v) is 2.29. The van der Waals surface area contributed by atoms with Gasteiger partial charge < -0.3 is 5.73 Å². The molecule has 0 aliphatic heterocycles. The van der Waals surface area contributed by atoms with Gasteiger partial charge in [0.15, 0.2) is 0 Å². The molecule has 0 aliphatic carbocycles. The van der Waals surface area contributed by atoms with E-state index in [1.54, 1.807) is 6.07 Å². The number of aryl methyl sites for hydroxylation is 2. The Morgan fingerprint density at radius 3 is 2.56 bits per heavy atom. The van der Waals surface area contributed by atoms with E-state index < -0.39 is 0 Å². The van der Waals surface area contributed by atoms with Crippen LogP contribution < -0.4 is 5.73 Å². The van der Waals surface area contributed by atoms with Gasteiger partial charge in [-0.05, 0) is 30.5 Å². The molecule has 0 saturated heterocycles. The molecular weight excluding hydrogens is 229 g/mol. The highest BCUT2D eigenvalue weighted by atomic mass is 19.1. The predicted molar refractivity (Wildman–Crippen MR) is 71.8 cm³/mol. The van der Waals surface area contributed by atoms with Crippen molar-refractivity contribution in [1.29, 1.82) is 0 Å². The van der Waals surface area contributed by atoms with Gasteiger partial charge >= 0.3 is 0 Å². The van der Waals surface area contributed by atoms with E-state index >= 15 is 0 Å². The monoisotopic (exact) mass is 247 g/mol. The number of nitrogens with two attached hydrogens (primary N) is 1. The summed E-state index contributed by atoms with van der Waals surface area (Å²) in [5, 5.41) is 4.49. The zero-order valence-corrected chi connectivity index (χ0v) is 11.0.